The zero-order valence-electron chi connectivity index (χ0n) is 14.3. The first-order chi connectivity index (χ1) is 10.7. The Balaban J connectivity index is 1.79. The second kappa shape index (κ2) is 5.25. The SMILES string of the molecule is CN1C(=O)C2(CCN(C(=O)OC(C)(C)C)CC2)c2ccccc21. The Hall–Kier alpha value is -2.04. The van der Waals surface area contributed by atoms with Gasteiger partial charge in [0.1, 0.15) is 5.60 Å². The van der Waals surface area contributed by atoms with Crippen LogP contribution in [0, 0.1) is 0 Å². The number of hydrogen-bond acceptors (Lipinski definition) is 3. The molecule has 0 aromatic heterocycles. The molecule has 0 radical (unpaired) electrons. The quantitative estimate of drug-likeness (QED) is 0.739. The van der Waals surface area contributed by atoms with Gasteiger partial charge in [-0.05, 0) is 45.2 Å². The van der Waals surface area contributed by atoms with Crippen molar-refractivity contribution in [1.29, 1.82) is 0 Å². The van der Waals surface area contributed by atoms with Gasteiger partial charge in [0.2, 0.25) is 5.91 Å². The van der Waals surface area contributed by atoms with Gasteiger partial charge in [0.25, 0.3) is 0 Å². The number of hydrogen-bond donors (Lipinski definition) is 0. The van der Waals surface area contributed by atoms with Crippen molar-refractivity contribution in [3.63, 3.8) is 0 Å². The molecular weight excluding hydrogens is 292 g/mol. The minimum absolute atomic E-state index is 0.141. The topological polar surface area (TPSA) is 49.9 Å². The van der Waals surface area contributed by atoms with E-state index < -0.39 is 11.0 Å². The normalized spacial score (nSPS) is 19.9. The smallest absolute Gasteiger partial charge is 0.410 e. The van der Waals surface area contributed by atoms with Crippen molar-refractivity contribution in [2.75, 3.05) is 25.0 Å². The molecule has 3 rings (SSSR count). The number of anilines is 1. The van der Waals surface area contributed by atoms with Gasteiger partial charge in [-0.3, -0.25) is 4.79 Å². The van der Waals surface area contributed by atoms with E-state index in [1.165, 1.54) is 0 Å². The zero-order chi connectivity index (χ0) is 16.8. The van der Waals surface area contributed by atoms with Gasteiger partial charge >= 0.3 is 6.09 Å². The molecule has 0 unspecified atom stereocenters. The number of benzene rings is 1. The number of piperidine rings is 1. The Morgan fingerprint density at radius 2 is 1.78 bits per heavy atom. The second-order valence-corrected chi connectivity index (χ2v) is 7.43. The van der Waals surface area contributed by atoms with Crippen LogP contribution in [0.25, 0.3) is 0 Å². The third kappa shape index (κ3) is 2.58. The standard InChI is InChI=1S/C18H24N2O3/c1-17(2,3)23-16(22)20-11-9-18(10-12-20)13-7-5-6-8-14(13)19(4)15(18)21/h5-8H,9-12H2,1-4H3. The highest BCUT2D eigenvalue weighted by Gasteiger charge is 2.51. The van der Waals surface area contributed by atoms with Crippen molar-refractivity contribution >= 4 is 17.7 Å². The van der Waals surface area contributed by atoms with E-state index in [0.29, 0.717) is 25.9 Å². The molecule has 0 bridgehead atoms. The van der Waals surface area contributed by atoms with E-state index in [4.69, 9.17) is 4.74 Å². The summed E-state index contributed by atoms with van der Waals surface area (Å²) in [5.41, 5.74) is 1.10. The van der Waals surface area contributed by atoms with Crippen LogP contribution in [0.4, 0.5) is 10.5 Å². The van der Waals surface area contributed by atoms with Crippen molar-refractivity contribution < 1.29 is 14.3 Å². The van der Waals surface area contributed by atoms with Crippen LogP contribution >= 0.6 is 0 Å². The number of amides is 2. The Bertz CT molecular complexity index is 640. The summed E-state index contributed by atoms with van der Waals surface area (Å²) in [5.74, 6) is 0.141. The molecule has 1 aromatic rings. The lowest BCUT2D eigenvalue weighted by Crippen LogP contribution is -2.50. The highest BCUT2D eigenvalue weighted by Crippen LogP contribution is 2.47. The summed E-state index contributed by atoms with van der Waals surface area (Å²) in [6.45, 7) is 6.68. The largest absolute Gasteiger partial charge is 0.444 e. The summed E-state index contributed by atoms with van der Waals surface area (Å²) >= 11 is 0. The summed E-state index contributed by atoms with van der Waals surface area (Å²) in [7, 11) is 1.83. The molecule has 2 aliphatic heterocycles. The molecule has 0 N–H and O–H groups in total. The average molecular weight is 316 g/mol. The summed E-state index contributed by atoms with van der Waals surface area (Å²) in [6.07, 6.45) is 0.998. The van der Waals surface area contributed by atoms with E-state index in [9.17, 15) is 9.59 Å². The number of fused-ring (bicyclic) bond motifs is 2. The van der Waals surface area contributed by atoms with Crippen LogP contribution < -0.4 is 4.90 Å². The molecule has 124 valence electrons. The van der Waals surface area contributed by atoms with Crippen LogP contribution in [-0.4, -0.2) is 42.6 Å². The molecule has 1 spiro atoms. The minimum atomic E-state index is -0.498. The molecule has 1 aromatic carbocycles. The predicted octanol–water partition coefficient (Wildman–Crippen LogP) is 2.93. The number of ether oxygens (including phenoxy) is 1. The number of likely N-dealkylation sites (N-methyl/N-ethyl adjacent to an activating group) is 1. The van der Waals surface area contributed by atoms with E-state index in [1.54, 1.807) is 9.80 Å². The fourth-order valence-electron chi connectivity index (χ4n) is 3.60. The van der Waals surface area contributed by atoms with E-state index in [0.717, 1.165) is 11.3 Å². The Morgan fingerprint density at radius 1 is 1.17 bits per heavy atom. The maximum atomic E-state index is 12.8. The van der Waals surface area contributed by atoms with E-state index in [1.807, 2.05) is 52.1 Å². The fraction of sp³-hybridized carbons (Fsp3) is 0.556. The zero-order valence-corrected chi connectivity index (χ0v) is 14.3. The highest BCUT2D eigenvalue weighted by molar-refractivity contribution is 6.07. The van der Waals surface area contributed by atoms with Crippen molar-refractivity contribution in [1.82, 2.24) is 4.90 Å². The summed E-state index contributed by atoms with van der Waals surface area (Å²) in [4.78, 5) is 28.5. The van der Waals surface area contributed by atoms with Crippen molar-refractivity contribution in [3.8, 4) is 0 Å². The highest BCUT2D eigenvalue weighted by atomic mass is 16.6. The van der Waals surface area contributed by atoms with E-state index >= 15 is 0 Å². The maximum Gasteiger partial charge on any atom is 0.410 e. The van der Waals surface area contributed by atoms with Crippen molar-refractivity contribution in [3.05, 3.63) is 29.8 Å². The Labute approximate surface area is 137 Å². The van der Waals surface area contributed by atoms with Gasteiger partial charge < -0.3 is 14.5 Å². The monoisotopic (exact) mass is 316 g/mol. The first-order valence-electron chi connectivity index (χ1n) is 8.10. The van der Waals surface area contributed by atoms with Crippen LogP contribution in [0.2, 0.25) is 0 Å². The average Bonchev–Trinajstić information content (AvgIpc) is 2.70. The van der Waals surface area contributed by atoms with Crippen LogP contribution in [0.5, 0.6) is 0 Å². The third-order valence-electron chi connectivity index (χ3n) is 4.76. The maximum absolute atomic E-state index is 12.8. The predicted molar refractivity (Wildman–Crippen MR) is 88.6 cm³/mol. The number of nitrogens with zero attached hydrogens (tertiary/aromatic N) is 2. The van der Waals surface area contributed by atoms with Gasteiger partial charge in [0, 0.05) is 25.8 Å². The molecule has 1 fully saturated rings. The first kappa shape index (κ1) is 15.8. The lowest BCUT2D eigenvalue weighted by molar-refractivity contribution is -0.124. The lowest BCUT2D eigenvalue weighted by Gasteiger charge is -2.38. The molecule has 0 atom stereocenters. The number of rotatable bonds is 0. The van der Waals surface area contributed by atoms with Crippen LogP contribution in [0.3, 0.4) is 0 Å². The molecule has 2 heterocycles. The summed E-state index contributed by atoms with van der Waals surface area (Å²) < 4.78 is 5.44. The number of carbonyl (C=O) groups excluding carboxylic acids is 2. The molecule has 2 aliphatic rings. The third-order valence-corrected chi connectivity index (χ3v) is 4.76. The Morgan fingerprint density at radius 3 is 2.39 bits per heavy atom. The van der Waals surface area contributed by atoms with Gasteiger partial charge in [-0.15, -0.1) is 0 Å². The molecular formula is C18H24N2O3. The van der Waals surface area contributed by atoms with Crippen LogP contribution in [0.15, 0.2) is 24.3 Å². The van der Waals surface area contributed by atoms with E-state index in [2.05, 4.69) is 0 Å². The molecule has 0 aliphatic carbocycles. The van der Waals surface area contributed by atoms with Gasteiger partial charge in [0.05, 0.1) is 5.41 Å². The number of para-hydroxylation sites is 1. The van der Waals surface area contributed by atoms with Gasteiger partial charge in [-0.25, -0.2) is 4.79 Å². The summed E-state index contributed by atoms with van der Waals surface area (Å²) in [6, 6.07) is 7.97. The first-order valence-corrected chi connectivity index (χ1v) is 8.10. The van der Waals surface area contributed by atoms with Gasteiger partial charge in [0.15, 0.2) is 0 Å². The molecule has 0 saturated carbocycles. The molecule has 2 amide bonds. The van der Waals surface area contributed by atoms with Crippen molar-refractivity contribution in [2.45, 2.75) is 44.6 Å². The summed E-state index contributed by atoms with van der Waals surface area (Å²) in [5, 5.41) is 0. The molecule has 5 heteroatoms. The van der Waals surface area contributed by atoms with Crippen LogP contribution in [0.1, 0.15) is 39.2 Å². The van der Waals surface area contributed by atoms with Crippen molar-refractivity contribution in [2.24, 2.45) is 0 Å². The lowest BCUT2D eigenvalue weighted by atomic mass is 9.74. The van der Waals surface area contributed by atoms with Gasteiger partial charge in [-0.1, -0.05) is 18.2 Å². The molecule has 23 heavy (non-hydrogen) atoms. The number of likely N-dealkylation sites (tertiary alicyclic amines) is 1. The number of carbonyl (C=O) groups is 2. The minimum Gasteiger partial charge on any atom is -0.444 e. The van der Waals surface area contributed by atoms with Gasteiger partial charge in [-0.2, -0.15) is 0 Å². The van der Waals surface area contributed by atoms with E-state index in [-0.39, 0.29) is 12.0 Å². The molecule has 5 nitrogen and oxygen atoms in total. The Kier molecular flexibility index (Phi) is 3.62. The van der Waals surface area contributed by atoms with Crippen LogP contribution in [-0.2, 0) is 14.9 Å². The fourth-order valence-corrected chi connectivity index (χ4v) is 3.60. The molecule has 1 saturated heterocycles. The second-order valence-electron chi connectivity index (χ2n) is 7.43.